The first-order valence-corrected chi connectivity index (χ1v) is 9.60. The summed E-state index contributed by atoms with van der Waals surface area (Å²) in [4.78, 5) is 12.6. The fraction of sp³-hybridized carbons (Fsp3) is 0.211. The average molecular weight is 416 g/mol. The molecule has 1 unspecified atom stereocenters. The first kappa shape index (κ1) is 17.9. The number of benzene rings is 2. The Morgan fingerprint density at radius 1 is 1.12 bits per heavy atom. The number of hydrogen-bond donors (Lipinski definition) is 0. The maximum atomic E-state index is 12.6. The van der Waals surface area contributed by atoms with Crippen LogP contribution in [0.5, 0.6) is 0 Å². The standard InChI is InChI=1S/C19H18BrN3OS/c1-13(18(24)15-8-10-16(20)11-9-15)25-19-22-21-17(23(19)2)12-14-6-4-3-5-7-14/h3-11,13H,12H2,1-2H3. The molecule has 1 aromatic heterocycles. The number of rotatable bonds is 6. The van der Waals surface area contributed by atoms with E-state index in [9.17, 15) is 4.79 Å². The van der Waals surface area contributed by atoms with Crippen LogP contribution in [0.4, 0.5) is 0 Å². The maximum absolute atomic E-state index is 12.6. The molecule has 0 spiro atoms. The summed E-state index contributed by atoms with van der Waals surface area (Å²) in [6.07, 6.45) is 0.722. The number of carbonyl (C=O) groups is 1. The normalized spacial score (nSPS) is 12.1. The fourth-order valence-corrected chi connectivity index (χ4v) is 3.62. The number of carbonyl (C=O) groups excluding carboxylic acids is 1. The van der Waals surface area contributed by atoms with Crippen LogP contribution in [0.25, 0.3) is 0 Å². The maximum Gasteiger partial charge on any atom is 0.191 e. The van der Waals surface area contributed by atoms with Gasteiger partial charge in [-0.1, -0.05) is 70.2 Å². The second kappa shape index (κ2) is 7.97. The predicted octanol–water partition coefficient (Wildman–Crippen LogP) is 4.53. The van der Waals surface area contributed by atoms with E-state index < -0.39 is 0 Å². The highest BCUT2D eigenvalue weighted by Crippen LogP contribution is 2.25. The minimum atomic E-state index is -0.228. The summed E-state index contributed by atoms with van der Waals surface area (Å²) >= 11 is 4.82. The lowest BCUT2D eigenvalue weighted by Gasteiger charge is -2.10. The van der Waals surface area contributed by atoms with E-state index in [0.717, 1.165) is 21.9 Å². The van der Waals surface area contributed by atoms with Crippen LogP contribution >= 0.6 is 27.7 Å². The summed E-state index contributed by atoms with van der Waals surface area (Å²) in [5.41, 5.74) is 1.89. The van der Waals surface area contributed by atoms with Gasteiger partial charge in [0.25, 0.3) is 0 Å². The van der Waals surface area contributed by atoms with Crippen molar-refractivity contribution in [2.45, 2.75) is 23.8 Å². The summed E-state index contributed by atoms with van der Waals surface area (Å²) in [5.74, 6) is 0.974. The van der Waals surface area contributed by atoms with Gasteiger partial charge in [-0.2, -0.15) is 0 Å². The van der Waals surface area contributed by atoms with Gasteiger partial charge in [-0.05, 0) is 24.6 Å². The number of halogens is 1. The zero-order chi connectivity index (χ0) is 17.8. The molecule has 25 heavy (non-hydrogen) atoms. The Labute approximate surface area is 159 Å². The number of hydrogen-bond acceptors (Lipinski definition) is 4. The summed E-state index contributed by atoms with van der Waals surface area (Å²) in [6, 6.07) is 17.6. The minimum absolute atomic E-state index is 0.0881. The van der Waals surface area contributed by atoms with Crippen molar-refractivity contribution >= 4 is 33.5 Å². The van der Waals surface area contributed by atoms with Gasteiger partial charge < -0.3 is 4.57 Å². The number of nitrogens with zero attached hydrogens (tertiary/aromatic N) is 3. The minimum Gasteiger partial charge on any atom is -0.309 e. The van der Waals surface area contributed by atoms with Gasteiger partial charge >= 0.3 is 0 Å². The van der Waals surface area contributed by atoms with Gasteiger partial charge in [0.05, 0.1) is 5.25 Å². The Balaban J connectivity index is 1.70. The lowest BCUT2D eigenvalue weighted by Crippen LogP contribution is -2.14. The molecule has 3 rings (SSSR count). The van der Waals surface area contributed by atoms with E-state index in [1.54, 1.807) is 0 Å². The molecule has 0 aliphatic heterocycles. The van der Waals surface area contributed by atoms with Crippen molar-refractivity contribution in [1.29, 1.82) is 0 Å². The highest BCUT2D eigenvalue weighted by molar-refractivity contribution is 9.10. The average Bonchev–Trinajstić information content (AvgIpc) is 2.96. The van der Waals surface area contributed by atoms with E-state index in [2.05, 4.69) is 38.3 Å². The van der Waals surface area contributed by atoms with Crippen LogP contribution in [-0.4, -0.2) is 25.8 Å². The Hall–Kier alpha value is -1.92. The first-order valence-electron chi connectivity index (χ1n) is 7.93. The Kier molecular flexibility index (Phi) is 5.71. The van der Waals surface area contributed by atoms with Gasteiger partial charge in [-0.3, -0.25) is 4.79 Å². The second-order valence-corrected chi connectivity index (χ2v) is 7.98. The molecule has 0 aliphatic rings. The molecule has 0 N–H and O–H groups in total. The topological polar surface area (TPSA) is 47.8 Å². The third kappa shape index (κ3) is 4.38. The van der Waals surface area contributed by atoms with Gasteiger partial charge in [-0.25, -0.2) is 0 Å². The summed E-state index contributed by atoms with van der Waals surface area (Å²) in [6.45, 7) is 1.90. The van der Waals surface area contributed by atoms with E-state index in [0.29, 0.717) is 5.56 Å². The van der Waals surface area contributed by atoms with E-state index in [4.69, 9.17) is 0 Å². The molecule has 4 nitrogen and oxygen atoms in total. The number of ketones is 1. The van der Waals surface area contributed by atoms with E-state index in [1.807, 2.05) is 61.0 Å². The van der Waals surface area contributed by atoms with E-state index in [-0.39, 0.29) is 11.0 Å². The molecular weight excluding hydrogens is 398 g/mol. The van der Waals surface area contributed by atoms with Crippen molar-refractivity contribution in [2.24, 2.45) is 7.05 Å². The summed E-state index contributed by atoms with van der Waals surface area (Å²) in [7, 11) is 1.94. The molecule has 0 amide bonds. The van der Waals surface area contributed by atoms with Crippen LogP contribution < -0.4 is 0 Å². The monoisotopic (exact) mass is 415 g/mol. The Morgan fingerprint density at radius 3 is 2.48 bits per heavy atom. The highest BCUT2D eigenvalue weighted by Gasteiger charge is 2.20. The van der Waals surface area contributed by atoms with Crippen LogP contribution in [0.2, 0.25) is 0 Å². The van der Waals surface area contributed by atoms with Crippen molar-refractivity contribution in [2.75, 3.05) is 0 Å². The smallest absolute Gasteiger partial charge is 0.191 e. The largest absolute Gasteiger partial charge is 0.309 e. The zero-order valence-electron chi connectivity index (χ0n) is 14.0. The molecule has 3 aromatic rings. The molecule has 1 atom stereocenters. The second-order valence-electron chi connectivity index (χ2n) is 5.75. The molecule has 0 aliphatic carbocycles. The lowest BCUT2D eigenvalue weighted by molar-refractivity contribution is 0.0994. The molecular formula is C19H18BrN3OS. The highest BCUT2D eigenvalue weighted by atomic mass is 79.9. The van der Waals surface area contributed by atoms with E-state index in [1.165, 1.54) is 17.3 Å². The SMILES string of the molecule is CC(Sc1nnc(Cc2ccccc2)n1C)C(=O)c1ccc(Br)cc1. The molecule has 2 aromatic carbocycles. The van der Waals surface area contributed by atoms with E-state index >= 15 is 0 Å². The quantitative estimate of drug-likeness (QED) is 0.438. The van der Waals surface area contributed by atoms with Crippen molar-refractivity contribution in [3.63, 3.8) is 0 Å². The van der Waals surface area contributed by atoms with Gasteiger partial charge in [-0.15, -0.1) is 10.2 Å². The lowest BCUT2D eigenvalue weighted by atomic mass is 10.1. The van der Waals surface area contributed by atoms with Crippen LogP contribution in [0, 0.1) is 0 Å². The van der Waals surface area contributed by atoms with Crippen molar-refractivity contribution in [3.8, 4) is 0 Å². The van der Waals surface area contributed by atoms with Crippen molar-refractivity contribution in [1.82, 2.24) is 14.8 Å². The number of Topliss-reactive ketones (excluding diaryl/α,β-unsaturated/α-hetero) is 1. The van der Waals surface area contributed by atoms with Crippen molar-refractivity contribution < 1.29 is 4.79 Å². The van der Waals surface area contributed by atoms with Crippen LogP contribution in [0.1, 0.15) is 28.7 Å². The predicted molar refractivity (Wildman–Crippen MR) is 104 cm³/mol. The zero-order valence-corrected chi connectivity index (χ0v) is 16.4. The summed E-state index contributed by atoms with van der Waals surface area (Å²) in [5, 5.41) is 9.07. The Morgan fingerprint density at radius 2 is 1.80 bits per heavy atom. The van der Waals surface area contributed by atoms with Gasteiger partial charge in [0, 0.05) is 23.5 Å². The van der Waals surface area contributed by atoms with Gasteiger partial charge in [0.15, 0.2) is 10.9 Å². The number of aromatic nitrogens is 3. The third-order valence-corrected chi connectivity index (χ3v) is 5.57. The van der Waals surface area contributed by atoms with Crippen molar-refractivity contribution in [3.05, 3.63) is 76.0 Å². The number of thioether (sulfide) groups is 1. The van der Waals surface area contributed by atoms with Gasteiger partial charge in [0.2, 0.25) is 0 Å². The Bertz CT molecular complexity index is 862. The molecule has 6 heteroatoms. The molecule has 0 fully saturated rings. The van der Waals surface area contributed by atoms with Crippen LogP contribution in [-0.2, 0) is 13.5 Å². The fourth-order valence-electron chi connectivity index (χ4n) is 2.44. The molecule has 0 radical (unpaired) electrons. The van der Waals surface area contributed by atoms with Gasteiger partial charge in [0.1, 0.15) is 5.82 Å². The third-order valence-electron chi connectivity index (χ3n) is 3.91. The summed E-state index contributed by atoms with van der Waals surface area (Å²) < 4.78 is 2.92. The first-order chi connectivity index (χ1) is 12.0. The molecule has 0 saturated heterocycles. The molecule has 0 bridgehead atoms. The van der Waals surface area contributed by atoms with Crippen LogP contribution in [0.3, 0.4) is 0 Å². The molecule has 128 valence electrons. The molecule has 0 saturated carbocycles. The molecule has 1 heterocycles. The van der Waals surface area contributed by atoms with Crippen LogP contribution in [0.15, 0.2) is 64.2 Å².